The van der Waals surface area contributed by atoms with Crippen LogP contribution in [0.1, 0.15) is 30.3 Å². The number of ether oxygens (including phenoxy) is 1. The number of hydrogen-bond donors (Lipinski definition) is 2. The van der Waals surface area contributed by atoms with E-state index in [0.29, 0.717) is 12.5 Å². The molecule has 1 aromatic carbocycles. The van der Waals surface area contributed by atoms with Crippen molar-refractivity contribution >= 4 is 0 Å². The molecule has 2 N–H and O–H groups in total. The fraction of sp³-hybridized carbons (Fsp3) is 0.562. The second kappa shape index (κ2) is 8.14. The average molecular weight is 317 g/mol. The van der Waals surface area contributed by atoms with Crippen molar-refractivity contribution in [2.24, 2.45) is 5.92 Å². The Labute approximate surface area is 135 Å². The summed E-state index contributed by atoms with van der Waals surface area (Å²) >= 11 is 0. The van der Waals surface area contributed by atoms with Gasteiger partial charge < -0.3 is 15.2 Å². The molecule has 1 atom stereocenters. The Hall–Kier alpha value is -1.83. The molecule has 23 heavy (non-hydrogen) atoms. The summed E-state index contributed by atoms with van der Waals surface area (Å²) in [5.74, 6) is 1.36. The lowest BCUT2D eigenvalue weighted by Crippen LogP contribution is -2.27. The monoisotopic (exact) mass is 317 g/mol. The largest absolute Gasteiger partial charge is 0.394 e. The van der Waals surface area contributed by atoms with E-state index in [1.165, 1.54) is 0 Å². The minimum Gasteiger partial charge on any atom is -0.394 e. The summed E-state index contributed by atoms with van der Waals surface area (Å²) < 4.78 is 7.25. The predicted molar refractivity (Wildman–Crippen MR) is 84.5 cm³/mol. The number of nitrogens with zero attached hydrogens (tertiary/aromatic N) is 4. The first kappa shape index (κ1) is 16.0. The van der Waals surface area contributed by atoms with Gasteiger partial charge in [0.25, 0.3) is 0 Å². The van der Waals surface area contributed by atoms with Gasteiger partial charge in [0.2, 0.25) is 0 Å². The normalized spacial score (nSPS) is 17.3. The Morgan fingerprint density at radius 1 is 1.26 bits per heavy atom. The maximum absolute atomic E-state index is 9.60. The Bertz CT molecular complexity index is 583. The van der Waals surface area contributed by atoms with Crippen LogP contribution in [0.25, 0.3) is 0 Å². The number of benzene rings is 1. The molecule has 0 amide bonds. The molecule has 7 heteroatoms. The third-order valence-electron chi connectivity index (χ3n) is 4.27. The predicted octanol–water partition coefficient (Wildman–Crippen LogP) is 0.923. The lowest BCUT2D eigenvalue weighted by molar-refractivity contribution is 0.0596. The molecule has 7 nitrogen and oxygen atoms in total. The van der Waals surface area contributed by atoms with Gasteiger partial charge in [0.05, 0.1) is 19.2 Å². The highest BCUT2D eigenvalue weighted by Gasteiger charge is 2.18. The van der Waals surface area contributed by atoms with Crippen LogP contribution in [0.5, 0.6) is 0 Å². The third-order valence-corrected chi connectivity index (χ3v) is 4.27. The number of aliphatic hydroxyl groups excluding tert-OH is 1. The van der Waals surface area contributed by atoms with E-state index in [1.54, 1.807) is 0 Å². The quantitative estimate of drug-likeness (QED) is 0.790. The maximum Gasteiger partial charge on any atom is 0.165 e. The van der Waals surface area contributed by atoms with Crippen LogP contribution in [0.2, 0.25) is 0 Å². The molecule has 0 unspecified atom stereocenters. The molecule has 1 aliphatic rings. The average Bonchev–Trinajstić information content (AvgIpc) is 3.04. The third kappa shape index (κ3) is 4.34. The minimum atomic E-state index is -0.121. The van der Waals surface area contributed by atoms with Gasteiger partial charge in [-0.2, -0.15) is 0 Å². The van der Waals surface area contributed by atoms with Crippen LogP contribution < -0.4 is 5.32 Å². The molecule has 2 heterocycles. The van der Waals surface area contributed by atoms with E-state index in [-0.39, 0.29) is 12.6 Å². The smallest absolute Gasteiger partial charge is 0.165 e. The highest BCUT2D eigenvalue weighted by Crippen LogP contribution is 2.17. The van der Waals surface area contributed by atoms with Crippen molar-refractivity contribution in [3.8, 4) is 0 Å². The van der Waals surface area contributed by atoms with Crippen molar-refractivity contribution in [3.63, 3.8) is 0 Å². The van der Waals surface area contributed by atoms with Crippen LogP contribution in [0, 0.1) is 5.92 Å². The molecule has 1 aromatic heterocycles. The molecule has 1 aliphatic heterocycles. The van der Waals surface area contributed by atoms with E-state index in [4.69, 9.17) is 4.74 Å². The van der Waals surface area contributed by atoms with Gasteiger partial charge in [-0.25, -0.2) is 4.68 Å². The van der Waals surface area contributed by atoms with E-state index in [2.05, 4.69) is 20.8 Å². The zero-order chi connectivity index (χ0) is 15.9. The lowest BCUT2D eigenvalue weighted by atomic mass is 10.0. The molecule has 2 aromatic rings. The summed E-state index contributed by atoms with van der Waals surface area (Å²) in [4.78, 5) is 0. The first-order valence-electron chi connectivity index (χ1n) is 8.09. The van der Waals surface area contributed by atoms with Gasteiger partial charge in [0.1, 0.15) is 0 Å². The van der Waals surface area contributed by atoms with E-state index in [0.717, 1.165) is 44.0 Å². The zero-order valence-electron chi connectivity index (χ0n) is 13.1. The second-order valence-corrected chi connectivity index (χ2v) is 5.86. The summed E-state index contributed by atoms with van der Waals surface area (Å²) in [5, 5.41) is 24.9. The van der Waals surface area contributed by atoms with Gasteiger partial charge >= 0.3 is 0 Å². The van der Waals surface area contributed by atoms with Crippen molar-refractivity contribution in [1.29, 1.82) is 0 Å². The minimum absolute atomic E-state index is 0.0333. The maximum atomic E-state index is 9.60. The molecule has 0 bridgehead atoms. The number of nitrogens with one attached hydrogen (secondary N) is 1. The van der Waals surface area contributed by atoms with E-state index < -0.39 is 0 Å². The first-order chi connectivity index (χ1) is 11.4. The Balaban J connectivity index is 1.58. The SMILES string of the molecule is OC[C@@H](NCc1nnnn1CC1CCOCC1)c1ccccc1. The standard InChI is InChI=1S/C16H23N5O2/c22-12-15(14-4-2-1-3-5-14)17-10-16-18-19-20-21(16)11-13-6-8-23-9-7-13/h1-5,13,15,17,22H,6-12H2/t15-/m1/s1. The first-order valence-corrected chi connectivity index (χ1v) is 8.09. The number of hydrogen-bond acceptors (Lipinski definition) is 6. The molecule has 0 saturated carbocycles. The number of aliphatic hydroxyl groups is 1. The van der Waals surface area contributed by atoms with Gasteiger partial charge in [0, 0.05) is 19.8 Å². The summed E-state index contributed by atoms with van der Waals surface area (Å²) in [5.41, 5.74) is 1.05. The molecule has 3 rings (SSSR count). The van der Waals surface area contributed by atoms with E-state index in [1.807, 2.05) is 35.0 Å². The number of tetrazole rings is 1. The van der Waals surface area contributed by atoms with Crippen LogP contribution >= 0.6 is 0 Å². The van der Waals surface area contributed by atoms with Gasteiger partial charge in [-0.1, -0.05) is 30.3 Å². The molecule has 124 valence electrons. The summed E-state index contributed by atoms with van der Waals surface area (Å²) in [6.07, 6.45) is 2.10. The van der Waals surface area contributed by atoms with E-state index in [9.17, 15) is 5.11 Å². The number of aromatic nitrogens is 4. The summed E-state index contributed by atoms with van der Waals surface area (Å²) in [6.45, 7) is 3.02. The van der Waals surface area contributed by atoms with Gasteiger partial charge in [0.15, 0.2) is 5.82 Å². The Morgan fingerprint density at radius 2 is 2.04 bits per heavy atom. The molecule has 0 radical (unpaired) electrons. The van der Waals surface area contributed by atoms with Crippen molar-refractivity contribution in [2.75, 3.05) is 19.8 Å². The lowest BCUT2D eigenvalue weighted by Gasteiger charge is -2.22. The molecule has 0 spiro atoms. The van der Waals surface area contributed by atoms with Crippen molar-refractivity contribution in [2.45, 2.75) is 32.0 Å². The van der Waals surface area contributed by atoms with E-state index >= 15 is 0 Å². The van der Waals surface area contributed by atoms with Crippen LogP contribution in [0.15, 0.2) is 30.3 Å². The van der Waals surface area contributed by atoms with Gasteiger partial charge in [-0.05, 0) is 34.7 Å². The summed E-state index contributed by atoms with van der Waals surface area (Å²) in [7, 11) is 0. The molecule has 1 saturated heterocycles. The highest BCUT2D eigenvalue weighted by molar-refractivity contribution is 5.18. The number of rotatable bonds is 7. The topological polar surface area (TPSA) is 85.1 Å². The molecule has 0 aliphatic carbocycles. The Morgan fingerprint density at radius 3 is 2.78 bits per heavy atom. The van der Waals surface area contributed by atoms with Crippen LogP contribution in [-0.2, 0) is 17.8 Å². The zero-order valence-corrected chi connectivity index (χ0v) is 13.1. The Kier molecular flexibility index (Phi) is 5.68. The van der Waals surface area contributed by atoms with Crippen LogP contribution in [0.3, 0.4) is 0 Å². The fourth-order valence-corrected chi connectivity index (χ4v) is 2.85. The second-order valence-electron chi connectivity index (χ2n) is 5.86. The van der Waals surface area contributed by atoms with Crippen LogP contribution in [-0.4, -0.2) is 45.1 Å². The van der Waals surface area contributed by atoms with Gasteiger partial charge in [-0.15, -0.1) is 5.10 Å². The summed E-state index contributed by atoms with van der Waals surface area (Å²) in [6, 6.07) is 9.78. The van der Waals surface area contributed by atoms with Crippen LogP contribution in [0.4, 0.5) is 0 Å². The highest BCUT2D eigenvalue weighted by atomic mass is 16.5. The van der Waals surface area contributed by atoms with Crippen molar-refractivity contribution in [1.82, 2.24) is 25.5 Å². The molecular weight excluding hydrogens is 294 g/mol. The molecular formula is C16H23N5O2. The van der Waals surface area contributed by atoms with Crippen molar-refractivity contribution < 1.29 is 9.84 Å². The fourth-order valence-electron chi connectivity index (χ4n) is 2.85. The molecule has 1 fully saturated rings. The van der Waals surface area contributed by atoms with Gasteiger partial charge in [-0.3, -0.25) is 0 Å². The van der Waals surface area contributed by atoms with Crippen molar-refractivity contribution in [3.05, 3.63) is 41.7 Å².